The Hall–Kier alpha value is -1.60. The van der Waals surface area contributed by atoms with E-state index in [1.165, 1.54) is 19.2 Å². The Balaban J connectivity index is 2.73. The van der Waals surface area contributed by atoms with Crippen LogP contribution < -0.4 is 10.1 Å². The maximum absolute atomic E-state index is 12.4. The molecular formula is C15H24N2O4S. The monoisotopic (exact) mass is 328 g/mol. The van der Waals surface area contributed by atoms with Crippen molar-refractivity contribution >= 4 is 15.9 Å². The summed E-state index contributed by atoms with van der Waals surface area (Å²) in [7, 11) is -2.30. The third-order valence-corrected chi connectivity index (χ3v) is 4.73. The standard InChI is InChI=1S/C15H24N2O4S/c1-5-21-13-6-8-14(9-7-13)22(19,20)17(4)11-15(18)16-10-12(2)3/h6-9,12H,5,10-11H2,1-4H3,(H,16,18). The van der Waals surface area contributed by atoms with Crippen molar-refractivity contribution in [1.82, 2.24) is 9.62 Å². The molecule has 0 atom stereocenters. The summed E-state index contributed by atoms with van der Waals surface area (Å²) in [4.78, 5) is 11.9. The van der Waals surface area contributed by atoms with Crippen LogP contribution in [0.2, 0.25) is 0 Å². The molecule has 6 nitrogen and oxygen atoms in total. The number of carbonyl (C=O) groups is 1. The van der Waals surface area contributed by atoms with Gasteiger partial charge >= 0.3 is 0 Å². The Morgan fingerprint density at radius 2 is 1.86 bits per heavy atom. The van der Waals surface area contributed by atoms with Crippen LogP contribution in [0.15, 0.2) is 29.2 Å². The van der Waals surface area contributed by atoms with E-state index in [4.69, 9.17) is 4.74 Å². The van der Waals surface area contributed by atoms with Gasteiger partial charge < -0.3 is 10.1 Å². The predicted molar refractivity (Wildman–Crippen MR) is 85.3 cm³/mol. The predicted octanol–water partition coefficient (Wildman–Crippen LogP) is 1.48. The summed E-state index contributed by atoms with van der Waals surface area (Å²) < 4.78 is 31.1. The zero-order valence-electron chi connectivity index (χ0n) is 13.5. The summed E-state index contributed by atoms with van der Waals surface area (Å²) >= 11 is 0. The summed E-state index contributed by atoms with van der Waals surface area (Å²) in [6.07, 6.45) is 0. The highest BCUT2D eigenvalue weighted by atomic mass is 32.2. The van der Waals surface area contributed by atoms with Gasteiger partial charge in [0.05, 0.1) is 18.0 Å². The minimum Gasteiger partial charge on any atom is -0.494 e. The van der Waals surface area contributed by atoms with E-state index in [1.807, 2.05) is 20.8 Å². The summed E-state index contributed by atoms with van der Waals surface area (Å²) in [6, 6.07) is 6.15. The molecule has 0 radical (unpaired) electrons. The van der Waals surface area contributed by atoms with Crippen molar-refractivity contribution in [2.75, 3.05) is 26.7 Å². The Morgan fingerprint density at radius 3 is 2.36 bits per heavy atom. The SMILES string of the molecule is CCOc1ccc(S(=O)(=O)N(C)CC(=O)NCC(C)C)cc1. The Morgan fingerprint density at radius 1 is 1.27 bits per heavy atom. The fourth-order valence-corrected chi connectivity index (χ4v) is 2.84. The zero-order valence-corrected chi connectivity index (χ0v) is 14.3. The first-order valence-corrected chi connectivity index (χ1v) is 8.67. The molecule has 0 aliphatic rings. The highest BCUT2D eigenvalue weighted by Gasteiger charge is 2.22. The lowest BCUT2D eigenvalue weighted by Gasteiger charge is -2.17. The smallest absolute Gasteiger partial charge is 0.243 e. The third-order valence-electron chi connectivity index (χ3n) is 2.92. The minimum atomic E-state index is -3.69. The van der Waals surface area contributed by atoms with Crippen molar-refractivity contribution in [3.63, 3.8) is 0 Å². The number of hydrogen-bond donors (Lipinski definition) is 1. The zero-order chi connectivity index (χ0) is 16.8. The van der Waals surface area contributed by atoms with Crippen molar-refractivity contribution < 1.29 is 17.9 Å². The van der Waals surface area contributed by atoms with E-state index < -0.39 is 10.0 Å². The van der Waals surface area contributed by atoms with Crippen LogP contribution in [0, 0.1) is 5.92 Å². The molecule has 0 heterocycles. The van der Waals surface area contributed by atoms with E-state index in [9.17, 15) is 13.2 Å². The maximum Gasteiger partial charge on any atom is 0.243 e. The topological polar surface area (TPSA) is 75.7 Å². The number of nitrogens with zero attached hydrogens (tertiary/aromatic N) is 1. The second-order valence-electron chi connectivity index (χ2n) is 5.36. The van der Waals surface area contributed by atoms with Crippen LogP contribution in [-0.4, -0.2) is 45.4 Å². The molecule has 1 aromatic rings. The van der Waals surface area contributed by atoms with Gasteiger partial charge in [-0.15, -0.1) is 0 Å². The van der Waals surface area contributed by atoms with Gasteiger partial charge in [-0.2, -0.15) is 4.31 Å². The molecule has 0 aliphatic carbocycles. The van der Waals surface area contributed by atoms with Crippen LogP contribution in [0.25, 0.3) is 0 Å². The molecule has 0 fully saturated rings. The summed E-state index contributed by atoms with van der Waals surface area (Å²) in [5.41, 5.74) is 0. The van der Waals surface area contributed by atoms with E-state index in [1.54, 1.807) is 12.1 Å². The fourth-order valence-electron chi connectivity index (χ4n) is 1.72. The molecular weight excluding hydrogens is 304 g/mol. The highest BCUT2D eigenvalue weighted by Crippen LogP contribution is 2.18. The normalized spacial score (nSPS) is 11.7. The van der Waals surface area contributed by atoms with E-state index in [0.29, 0.717) is 24.8 Å². The second kappa shape index (κ2) is 8.14. The number of hydrogen-bond acceptors (Lipinski definition) is 4. The van der Waals surface area contributed by atoms with E-state index in [0.717, 1.165) is 4.31 Å². The van der Waals surface area contributed by atoms with Crippen LogP contribution in [0.5, 0.6) is 5.75 Å². The van der Waals surface area contributed by atoms with Crippen molar-refractivity contribution in [1.29, 1.82) is 0 Å². The van der Waals surface area contributed by atoms with E-state index >= 15 is 0 Å². The molecule has 0 bridgehead atoms. The molecule has 0 saturated carbocycles. The lowest BCUT2D eigenvalue weighted by atomic mass is 10.2. The number of likely N-dealkylation sites (N-methyl/N-ethyl adjacent to an activating group) is 1. The lowest BCUT2D eigenvalue weighted by Crippen LogP contribution is -2.39. The van der Waals surface area contributed by atoms with Gasteiger partial charge in [0.15, 0.2) is 0 Å². The fraction of sp³-hybridized carbons (Fsp3) is 0.533. The number of sulfonamides is 1. The average Bonchev–Trinajstić information content (AvgIpc) is 2.46. The highest BCUT2D eigenvalue weighted by molar-refractivity contribution is 7.89. The molecule has 124 valence electrons. The Kier molecular flexibility index (Phi) is 6.83. The number of rotatable bonds is 8. The number of amides is 1. The largest absolute Gasteiger partial charge is 0.494 e. The molecule has 1 rings (SSSR count). The van der Waals surface area contributed by atoms with Crippen LogP contribution in [0.4, 0.5) is 0 Å². The van der Waals surface area contributed by atoms with Crippen LogP contribution in [0.3, 0.4) is 0 Å². The van der Waals surface area contributed by atoms with Gasteiger partial charge in [-0.3, -0.25) is 4.79 Å². The van der Waals surface area contributed by atoms with Crippen LogP contribution >= 0.6 is 0 Å². The van der Waals surface area contributed by atoms with Gasteiger partial charge in [-0.05, 0) is 37.1 Å². The molecule has 1 N–H and O–H groups in total. The number of carbonyl (C=O) groups excluding carboxylic acids is 1. The van der Waals surface area contributed by atoms with Crippen molar-refractivity contribution in [2.45, 2.75) is 25.7 Å². The number of nitrogens with one attached hydrogen (secondary N) is 1. The van der Waals surface area contributed by atoms with E-state index in [2.05, 4.69) is 5.32 Å². The van der Waals surface area contributed by atoms with Crippen molar-refractivity contribution in [2.24, 2.45) is 5.92 Å². The van der Waals surface area contributed by atoms with Gasteiger partial charge in [0, 0.05) is 13.6 Å². The van der Waals surface area contributed by atoms with Gasteiger partial charge in [0.2, 0.25) is 15.9 Å². The molecule has 0 aliphatic heterocycles. The van der Waals surface area contributed by atoms with Crippen LogP contribution in [-0.2, 0) is 14.8 Å². The number of benzene rings is 1. The quantitative estimate of drug-likeness (QED) is 0.784. The van der Waals surface area contributed by atoms with Gasteiger partial charge in [-0.25, -0.2) is 8.42 Å². The summed E-state index contributed by atoms with van der Waals surface area (Å²) in [5, 5.41) is 2.70. The molecule has 1 aromatic carbocycles. The Labute approximate surface area is 132 Å². The van der Waals surface area contributed by atoms with Crippen molar-refractivity contribution in [3.05, 3.63) is 24.3 Å². The van der Waals surface area contributed by atoms with Gasteiger partial charge in [-0.1, -0.05) is 13.8 Å². The summed E-state index contributed by atoms with van der Waals surface area (Å²) in [6.45, 7) is 6.63. The molecule has 0 aromatic heterocycles. The first kappa shape index (κ1) is 18.4. The van der Waals surface area contributed by atoms with Crippen molar-refractivity contribution in [3.8, 4) is 5.75 Å². The van der Waals surface area contributed by atoms with Crippen LogP contribution in [0.1, 0.15) is 20.8 Å². The molecule has 7 heteroatoms. The van der Waals surface area contributed by atoms with E-state index in [-0.39, 0.29) is 17.3 Å². The summed E-state index contributed by atoms with van der Waals surface area (Å²) in [5.74, 6) is 0.612. The van der Waals surface area contributed by atoms with Gasteiger partial charge in [0.1, 0.15) is 5.75 Å². The second-order valence-corrected chi connectivity index (χ2v) is 7.41. The Bertz CT molecular complexity index is 582. The maximum atomic E-state index is 12.4. The molecule has 0 spiro atoms. The minimum absolute atomic E-state index is 0.134. The first-order chi connectivity index (χ1) is 10.3. The third kappa shape index (κ3) is 5.31. The first-order valence-electron chi connectivity index (χ1n) is 7.23. The molecule has 22 heavy (non-hydrogen) atoms. The lowest BCUT2D eigenvalue weighted by molar-refractivity contribution is -0.121. The molecule has 0 unspecified atom stereocenters. The molecule has 0 saturated heterocycles. The molecule has 1 amide bonds. The average molecular weight is 328 g/mol. The number of ether oxygens (including phenoxy) is 1. The van der Waals surface area contributed by atoms with Gasteiger partial charge in [0.25, 0.3) is 0 Å².